The topological polar surface area (TPSA) is 95.4 Å². The van der Waals surface area contributed by atoms with Crippen LogP contribution in [0.4, 0.5) is 17.2 Å². The van der Waals surface area contributed by atoms with Crippen molar-refractivity contribution in [1.29, 1.82) is 0 Å². The number of nitrogens with zero attached hydrogens (tertiary/aromatic N) is 4. The van der Waals surface area contributed by atoms with E-state index >= 15 is 0 Å². The highest BCUT2D eigenvalue weighted by molar-refractivity contribution is 5.93. The summed E-state index contributed by atoms with van der Waals surface area (Å²) in [4.78, 5) is 35.1. The summed E-state index contributed by atoms with van der Waals surface area (Å²) < 4.78 is 0. The third kappa shape index (κ3) is 2.18. The molecule has 0 fully saturated rings. The number of nitrogens with one attached hydrogen (secondary N) is 1. The quantitative estimate of drug-likeness (QED) is 0.535. The predicted molar refractivity (Wildman–Crippen MR) is 107 cm³/mol. The molecular weight excluding hydrogens is 358 g/mol. The molecule has 8 nitrogen and oxygen atoms in total. The molecule has 0 radical (unpaired) electrons. The van der Waals surface area contributed by atoms with E-state index in [1.54, 1.807) is 30.4 Å². The average molecular weight is 373 g/mol. The van der Waals surface area contributed by atoms with Gasteiger partial charge < -0.3 is 14.8 Å². The fourth-order valence-corrected chi connectivity index (χ4v) is 3.91. The largest absolute Gasteiger partial charge is 0.349 e. The highest BCUT2D eigenvalue weighted by Crippen LogP contribution is 2.36. The molecule has 0 bridgehead atoms. The summed E-state index contributed by atoms with van der Waals surface area (Å²) in [7, 11) is 1.78. The Kier molecular flexibility index (Phi) is 3.35. The van der Waals surface area contributed by atoms with Crippen LogP contribution in [0.15, 0.2) is 53.6 Å². The van der Waals surface area contributed by atoms with Crippen LogP contribution >= 0.6 is 0 Å². The number of aromatic nitrogens is 2. The maximum atomic E-state index is 12.9. The molecule has 8 heteroatoms. The molecule has 5 rings (SSSR count). The van der Waals surface area contributed by atoms with E-state index in [0.717, 1.165) is 22.4 Å². The molecule has 0 amide bonds. The number of pyridine rings is 1. The number of hydrogen-bond donors (Lipinski definition) is 1. The Hall–Kier alpha value is -3.94. The van der Waals surface area contributed by atoms with Gasteiger partial charge in [-0.2, -0.15) is 0 Å². The fourth-order valence-electron chi connectivity index (χ4n) is 3.91. The lowest BCUT2D eigenvalue weighted by Crippen LogP contribution is -2.27. The molecule has 0 atom stereocenters. The number of anilines is 3. The number of fused-ring (bicyclic) bond motifs is 2. The monoisotopic (exact) mass is 373 g/mol. The maximum Gasteiger partial charge on any atom is 0.280 e. The van der Waals surface area contributed by atoms with Gasteiger partial charge in [0.05, 0.1) is 27.1 Å². The lowest BCUT2D eigenvalue weighted by Gasteiger charge is -2.26. The van der Waals surface area contributed by atoms with Crippen molar-refractivity contribution >= 4 is 29.0 Å². The maximum absolute atomic E-state index is 12.9. The first kappa shape index (κ1) is 16.2. The van der Waals surface area contributed by atoms with Gasteiger partial charge in [0, 0.05) is 43.0 Å². The van der Waals surface area contributed by atoms with Crippen LogP contribution in [0.5, 0.6) is 0 Å². The molecule has 1 aromatic rings. The highest BCUT2D eigenvalue weighted by Gasteiger charge is 2.29. The molecule has 0 saturated carbocycles. The van der Waals surface area contributed by atoms with Crippen molar-refractivity contribution in [3.8, 4) is 11.1 Å². The molecule has 4 heterocycles. The number of aromatic amines is 1. The van der Waals surface area contributed by atoms with Crippen molar-refractivity contribution in [2.75, 3.05) is 23.4 Å². The number of nitro groups is 1. The molecule has 0 unspecified atom stereocenters. The number of H-pyrrole nitrogens is 1. The lowest BCUT2D eigenvalue weighted by atomic mass is 10.0. The van der Waals surface area contributed by atoms with Crippen LogP contribution in [0.1, 0.15) is 0 Å². The summed E-state index contributed by atoms with van der Waals surface area (Å²) in [6, 6.07) is 9.18. The minimum atomic E-state index is -0.422. The fraction of sp³-hybridized carbons (Fsp3) is 0.100. The Labute approximate surface area is 158 Å². The number of rotatable bonds is 2. The summed E-state index contributed by atoms with van der Waals surface area (Å²) in [6.07, 6.45) is 6.71. The average Bonchev–Trinajstić information content (AvgIpc) is 2.90. The first-order chi connectivity index (χ1) is 13.6. The Balaban J connectivity index is 1.92. The standard InChI is InChI=1S/C20H15N5O3/c1-23-10-8-14(25(27)28)12-5-6-15-17-13(22-20(26)18(17)19(12)23)7-11-24(15)16-4-2-3-9-21-16/h2-10H,11H2,1H3,(H,22,26). The van der Waals surface area contributed by atoms with Crippen LogP contribution in [-0.4, -0.2) is 28.5 Å². The third-order valence-corrected chi connectivity index (χ3v) is 5.13. The normalized spacial score (nSPS) is 14.8. The molecule has 1 aliphatic carbocycles. The van der Waals surface area contributed by atoms with Crippen molar-refractivity contribution in [2.24, 2.45) is 0 Å². The van der Waals surface area contributed by atoms with Gasteiger partial charge in [-0.3, -0.25) is 14.9 Å². The van der Waals surface area contributed by atoms with Crippen molar-refractivity contribution < 1.29 is 4.92 Å². The first-order valence-corrected chi connectivity index (χ1v) is 8.74. The molecule has 4 aliphatic rings. The third-order valence-electron chi connectivity index (χ3n) is 5.13. The van der Waals surface area contributed by atoms with Gasteiger partial charge in [0.1, 0.15) is 5.82 Å². The van der Waals surface area contributed by atoms with Crippen molar-refractivity contribution in [2.45, 2.75) is 0 Å². The van der Waals surface area contributed by atoms with E-state index in [0.29, 0.717) is 23.0 Å². The van der Waals surface area contributed by atoms with Gasteiger partial charge in [0.25, 0.3) is 11.3 Å². The SMILES string of the molecule is CN1C=CC([N+](=O)[O-])=c2ccc3c4c([nH]c(=O)c-4c21)=CCN3c1ccccn1. The zero-order valence-electron chi connectivity index (χ0n) is 14.9. The molecule has 28 heavy (non-hydrogen) atoms. The van der Waals surface area contributed by atoms with E-state index in [-0.39, 0.29) is 11.3 Å². The lowest BCUT2D eigenvalue weighted by molar-refractivity contribution is -0.375. The summed E-state index contributed by atoms with van der Waals surface area (Å²) in [5, 5.41) is 12.7. The van der Waals surface area contributed by atoms with Crippen molar-refractivity contribution in [1.82, 2.24) is 9.97 Å². The van der Waals surface area contributed by atoms with Gasteiger partial charge in [-0.05, 0) is 30.3 Å². The summed E-state index contributed by atoms with van der Waals surface area (Å²) in [5.41, 5.74) is 2.20. The minimum Gasteiger partial charge on any atom is -0.349 e. The molecule has 0 spiro atoms. The zero-order chi connectivity index (χ0) is 19.4. The smallest absolute Gasteiger partial charge is 0.280 e. The van der Waals surface area contributed by atoms with E-state index < -0.39 is 4.92 Å². The van der Waals surface area contributed by atoms with Gasteiger partial charge >= 0.3 is 0 Å². The van der Waals surface area contributed by atoms with Crippen LogP contribution in [-0.2, 0) is 0 Å². The first-order valence-electron chi connectivity index (χ1n) is 8.74. The Bertz CT molecular complexity index is 1310. The second-order valence-corrected chi connectivity index (χ2v) is 6.67. The van der Waals surface area contributed by atoms with E-state index in [9.17, 15) is 14.9 Å². The molecule has 0 aromatic carbocycles. The van der Waals surface area contributed by atoms with Gasteiger partial charge in [-0.1, -0.05) is 6.07 Å². The molecule has 138 valence electrons. The minimum absolute atomic E-state index is 0.0358. The second kappa shape index (κ2) is 5.78. The Morgan fingerprint density at radius 1 is 1.21 bits per heavy atom. The van der Waals surface area contributed by atoms with Gasteiger partial charge in [0.2, 0.25) is 0 Å². The Morgan fingerprint density at radius 2 is 2.07 bits per heavy atom. The van der Waals surface area contributed by atoms with Gasteiger partial charge in [0.15, 0.2) is 0 Å². The van der Waals surface area contributed by atoms with Crippen molar-refractivity contribution in [3.63, 3.8) is 0 Å². The van der Waals surface area contributed by atoms with Crippen LogP contribution in [0, 0.1) is 10.1 Å². The molecular formula is C20H15N5O3. The summed E-state index contributed by atoms with van der Waals surface area (Å²) in [6.45, 7) is 0.535. The van der Waals surface area contributed by atoms with E-state index in [2.05, 4.69) is 9.97 Å². The summed E-state index contributed by atoms with van der Waals surface area (Å²) >= 11 is 0. The van der Waals surface area contributed by atoms with E-state index in [4.69, 9.17) is 0 Å². The molecule has 1 aromatic heterocycles. The molecule has 0 saturated heterocycles. The highest BCUT2D eigenvalue weighted by atomic mass is 16.6. The van der Waals surface area contributed by atoms with Crippen LogP contribution in [0.2, 0.25) is 0 Å². The number of hydrogen-bond acceptors (Lipinski definition) is 6. The molecule has 3 aliphatic heterocycles. The van der Waals surface area contributed by atoms with Crippen molar-refractivity contribution in [3.05, 3.63) is 79.8 Å². The van der Waals surface area contributed by atoms with Crippen LogP contribution in [0.25, 0.3) is 22.9 Å². The van der Waals surface area contributed by atoms with E-state index in [1.165, 1.54) is 6.08 Å². The van der Waals surface area contributed by atoms with Gasteiger partial charge in [-0.15, -0.1) is 0 Å². The van der Waals surface area contributed by atoms with E-state index in [1.807, 2.05) is 35.2 Å². The van der Waals surface area contributed by atoms with Gasteiger partial charge in [-0.25, -0.2) is 4.98 Å². The Morgan fingerprint density at radius 3 is 2.82 bits per heavy atom. The predicted octanol–water partition coefficient (Wildman–Crippen LogP) is 1.16. The summed E-state index contributed by atoms with van der Waals surface area (Å²) in [5.74, 6) is 0.744. The zero-order valence-corrected chi connectivity index (χ0v) is 14.9. The van der Waals surface area contributed by atoms with Crippen LogP contribution < -0.4 is 25.9 Å². The van der Waals surface area contributed by atoms with Crippen LogP contribution in [0.3, 0.4) is 0 Å². The second-order valence-electron chi connectivity index (χ2n) is 6.67. The molecule has 1 N–H and O–H groups in total.